The number of nitriles is 1. The van der Waals surface area contributed by atoms with Gasteiger partial charge in [-0.25, -0.2) is 4.39 Å². The highest BCUT2D eigenvalue weighted by Gasteiger charge is 2.27. The summed E-state index contributed by atoms with van der Waals surface area (Å²) in [7, 11) is 1.32. The lowest BCUT2D eigenvalue weighted by molar-refractivity contribution is -0.384. The molecule has 0 N–H and O–H groups in total. The molecule has 0 aliphatic carbocycles. The van der Waals surface area contributed by atoms with Gasteiger partial charge in [-0.3, -0.25) is 10.1 Å². The number of rotatable bonds is 4. The molecule has 7 nitrogen and oxygen atoms in total. The number of para-hydroxylation sites is 1. The fourth-order valence-electron chi connectivity index (χ4n) is 3.12. The Morgan fingerprint density at radius 3 is 2.35 bits per heavy atom. The highest BCUT2D eigenvalue weighted by Crippen LogP contribution is 2.35. The smallest absolute Gasteiger partial charge is 0.295 e. The van der Waals surface area contributed by atoms with Crippen LogP contribution in [0.15, 0.2) is 36.4 Å². The third-order valence-electron chi connectivity index (χ3n) is 4.43. The van der Waals surface area contributed by atoms with Crippen LogP contribution >= 0.6 is 0 Å². The van der Waals surface area contributed by atoms with Gasteiger partial charge >= 0.3 is 0 Å². The predicted octanol–water partition coefficient (Wildman–Crippen LogP) is 2.94. The summed E-state index contributed by atoms with van der Waals surface area (Å²) in [6.07, 6.45) is 0. The van der Waals surface area contributed by atoms with Crippen molar-refractivity contribution in [3.8, 4) is 11.8 Å². The van der Waals surface area contributed by atoms with Crippen molar-refractivity contribution in [2.24, 2.45) is 0 Å². The van der Waals surface area contributed by atoms with Gasteiger partial charge in [-0.15, -0.1) is 0 Å². The number of benzene rings is 2. The number of nitro benzene ring substituents is 1. The first kappa shape index (κ1) is 17.5. The van der Waals surface area contributed by atoms with Gasteiger partial charge in [0.1, 0.15) is 11.8 Å². The first-order chi connectivity index (χ1) is 12.5. The van der Waals surface area contributed by atoms with Gasteiger partial charge in [0.2, 0.25) is 0 Å². The molecule has 0 unspecified atom stereocenters. The van der Waals surface area contributed by atoms with Crippen molar-refractivity contribution >= 4 is 17.1 Å². The zero-order valence-electron chi connectivity index (χ0n) is 14.2. The van der Waals surface area contributed by atoms with Gasteiger partial charge in [-0.05, 0) is 12.1 Å². The van der Waals surface area contributed by atoms with Crippen LogP contribution in [-0.2, 0) is 0 Å². The maximum atomic E-state index is 13.8. The third kappa shape index (κ3) is 3.24. The lowest BCUT2D eigenvalue weighted by Crippen LogP contribution is -2.47. The van der Waals surface area contributed by atoms with Gasteiger partial charge in [0.05, 0.1) is 29.4 Å². The summed E-state index contributed by atoms with van der Waals surface area (Å²) >= 11 is 0. The van der Waals surface area contributed by atoms with Gasteiger partial charge in [0.25, 0.3) is 5.69 Å². The van der Waals surface area contributed by atoms with E-state index in [1.807, 2.05) is 23.1 Å². The number of nitro groups is 1. The minimum Gasteiger partial charge on any atom is -0.494 e. The van der Waals surface area contributed by atoms with E-state index in [1.54, 1.807) is 6.07 Å². The summed E-state index contributed by atoms with van der Waals surface area (Å²) in [5, 5.41) is 20.6. The van der Waals surface area contributed by atoms with Crippen LogP contribution in [-0.4, -0.2) is 38.2 Å². The Labute approximate surface area is 150 Å². The maximum absolute atomic E-state index is 13.8. The monoisotopic (exact) mass is 356 g/mol. The van der Waals surface area contributed by atoms with E-state index in [0.29, 0.717) is 37.4 Å². The van der Waals surface area contributed by atoms with Crippen molar-refractivity contribution in [2.75, 3.05) is 43.1 Å². The van der Waals surface area contributed by atoms with Crippen molar-refractivity contribution in [2.45, 2.75) is 0 Å². The number of hydrogen-bond donors (Lipinski definition) is 0. The molecule has 1 aliphatic rings. The van der Waals surface area contributed by atoms with Gasteiger partial charge in [0, 0.05) is 32.2 Å². The van der Waals surface area contributed by atoms with Crippen LogP contribution in [0.3, 0.4) is 0 Å². The molecule has 26 heavy (non-hydrogen) atoms. The Morgan fingerprint density at radius 1 is 1.15 bits per heavy atom. The van der Waals surface area contributed by atoms with Gasteiger partial charge in [-0.1, -0.05) is 12.1 Å². The molecule has 0 radical (unpaired) electrons. The number of methoxy groups -OCH3 is 1. The maximum Gasteiger partial charge on any atom is 0.295 e. The molecule has 0 atom stereocenters. The van der Waals surface area contributed by atoms with E-state index >= 15 is 0 Å². The molecular formula is C18H17FN4O3. The second kappa shape index (κ2) is 7.27. The van der Waals surface area contributed by atoms with Crippen LogP contribution < -0.4 is 14.5 Å². The summed E-state index contributed by atoms with van der Waals surface area (Å²) in [6, 6.07) is 11.8. The summed E-state index contributed by atoms with van der Waals surface area (Å²) < 4.78 is 18.8. The van der Waals surface area contributed by atoms with Gasteiger partial charge in [-0.2, -0.15) is 5.26 Å². The molecule has 0 bridgehead atoms. The van der Waals surface area contributed by atoms with Crippen LogP contribution in [0.4, 0.5) is 21.5 Å². The normalized spacial score (nSPS) is 14.0. The largest absolute Gasteiger partial charge is 0.494 e. The van der Waals surface area contributed by atoms with Crippen LogP contribution in [0.1, 0.15) is 5.56 Å². The lowest BCUT2D eigenvalue weighted by atomic mass is 10.1. The summed E-state index contributed by atoms with van der Waals surface area (Å²) in [5.74, 6) is -0.785. The van der Waals surface area contributed by atoms with E-state index in [9.17, 15) is 19.8 Å². The van der Waals surface area contributed by atoms with Gasteiger partial charge < -0.3 is 14.5 Å². The molecule has 0 spiro atoms. The molecule has 1 saturated heterocycles. The Morgan fingerprint density at radius 2 is 1.77 bits per heavy atom. The van der Waals surface area contributed by atoms with E-state index in [1.165, 1.54) is 13.2 Å². The Kier molecular flexibility index (Phi) is 4.89. The van der Waals surface area contributed by atoms with Crippen molar-refractivity contribution in [1.82, 2.24) is 0 Å². The first-order valence-electron chi connectivity index (χ1n) is 8.06. The average molecular weight is 356 g/mol. The SMILES string of the molecule is COc1cc(N2CCN(c3ccccc3C#N)CC2)c([N+](=O)[O-])cc1F. The van der Waals surface area contributed by atoms with E-state index in [0.717, 1.165) is 11.8 Å². The summed E-state index contributed by atoms with van der Waals surface area (Å²) in [6.45, 7) is 2.20. The predicted molar refractivity (Wildman–Crippen MR) is 95.2 cm³/mol. The zero-order valence-corrected chi connectivity index (χ0v) is 14.2. The van der Waals surface area contributed by atoms with E-state index in [4.69, 9.17) is 4.74 Å². The number of hydrogen-bond acceptors (Lipinski definition) is 6. The minimum absolute atomic E-state index is 0.0251. The summed E-state index contributed by atoms with van der Waals surface area (Å²) in [4.78, 5) is 14.6. The molecule has 2 aromatic carbocycles. The molecular weight excluding hydrogens is 339 g/mol. The van der Waals surface area contributed by atoms with E-state index in [-0.39, 0.29) is 11.4 Å². The third-order valence-corrected chi connectivity index (χ3v) is 4.43. The second-order valence-electron chi connectivity index (χ2n) is 5.84. The molecule has 1 fully saturated rings. The van der Waals surface area contributed by atoms with Crippen molar-refractivity contribution < 1.29 is 14.1 Å². The van der Waals surface area contributed by atoms with E-state index < -0.39 is 10.7 Å². The molecule has 1 heterocycles. The molecule has 1 aliphatic heterocycles. The molecule has 0 saturated carbocycles. The lowest BCUT2D eigenvalue weighted by Gasteiger charge is -2.37. The summed E-state index contributed by atoms with van der Waals surface area (Å²) in [5.41, 5.74) is 1.49. The van der Waals surface area contributed by atoms with Crippen molar-refractivity contribution in [1.29, 1.82) is 5.26 Å². The minimum atomic E-state index is -0.760. The van der Waals surface area contributed by atoms with Crippen LogP contribution in [0.2, 0.25) is 0 Å². The molecule has 8 heteroatoms. The standard InChI is InChI=1S/C18H17FN4O3/c1-26-18-11-16(17(23(24)25)10-14(18)19)22-8-6-21(7-9-22)15-5-3-2-4-13(15)12-20/h2-5,10-11H,6-9H2,1H3. The number of ether oxygens (including phenoxy) is 1. The number of nitrogens with zero attached hydrogens (tertiary/aromatic N) is 4. The fraction of sp³-hybridized carbons (Fsp3) is 0.278. The fourth-order valence-corrected chi connectivity index (χ4v) is 3.12. The van der Waals surface area contributed by atoms with Crippen molar-refractivity contribution in [3.05, 3.63) is 57.9 Å². The molecule has 3 rings (SSSR count). The molecule has 2 aromatic rings. The molecule has 134 valence electrons. The Balaban J connectivity index is 1.84. The first-order valence-corrected chi connectivity index (χ1v) is 8.06. The Hall–Kier alpha value is -3.34. The highest BCUT2D eigenvalue weighted by molar-refractivity contribution is 5.67. The molecule has 0 aromatic heterocycles. The van der Waals surface area contributed by atoms with Crippen LogP contribution in [0, 0.1) is 27.3 Å². The number of piperazine rings is 1. The topological polar surface area (TPSA) is 82.6 Å². The van der Waals surface area contributed by atoms with Crippen LogP contribution in [0.25, 0.3) is 0 Å². The highest BCUT2D eigenvalue weighted by atomic mass is 19.1. The average Bonchev–Trinajstić information content (AvgIpc) is 2.67. The number of halogens is 1. The van der Waals surface area contributed by atoms with Crippen LogP contribution in [0.5, 0.6) is 5.75 Å². The van der Waals surface area contributed by atoms with E-state index in [2.05, 4.69) is 11.0 Å². The second-order valence-corrected chi connectivity index (χ2v) is 5.84. The van der Waals surface area contributed by atoms with Gasteiger partial charge in [0.15, 0.2) is 11.6 Å². The quantitative estimate of drug-likeness (QED) is 0.619. The zero-order chi connectivity index (χ0) is 18.7. The number of anilines is 2. The molecule has 0 amide bonds. The van der Waals surface area contributed by atoms with Crippen molar-refractivity contribution in [3.63, 3.8) is 0 Å². The Bertz CT molecular complexity index is 873.